The van der Waals surface area contributed by atoms with Crippen LogP contribution in [0.4, 0.5) is 0 Å². The largest absolute Gasteiger partial charge is 0.456 e. The van der Waals surface area contributed by atoms with Crippen LogP contribution in [0.15, 0.2) is 192 Å². The summed E-state index contributed by atoms with van der Waals surface area (Å²) in [6.45, 7) is 0. The van der Waals surface area contributed by atoms with Crippen molar-refractivity contribution in [3.63, 3.8) is 0 Å². The van der Waals surface area contributed by atoms with Gasteiger partial charge < -0.3 is 13.6 Å². The zero-order chi connectivity index (χ0) is 37.5. The minimum absolute atomic E-state index is 0.599. The third-order valence-corrected chi connectivity index (χ3v) is 11.2. The molecule has 6 nitrogen and oxygen atoms in total. The van der Waals surface area contributed by atoms with E-state index in [2.05, 4.69) is 124 Å². The van der Waals surface area contributed by atoms with Gasteiger partial charge in [0.1, 0.15) is 11.2 Å². The second-order valence-corrected chi connectivity index (χ2v) is 14.4. The molecule has 0 radical (unpaired) electrons. The molecule has 0 fully saturated rings. The van der Waals surface area contributed by atoms with Crippen molar-refractivity contribution in [3.8, 4) is 45.5 Å². The second kappa shape index (κ2) is 12.3. The third kappa shape index (κ3) is 4.87. The first-order valence-electron chi connectivity index (χ1n) is 19.1. The molecule has 57 heavy (non-hydrogen) atoms. The van der Waals surface area contributed by atoms with Gasteiger partial charge in [0.05, 0.1) is 22.1 Å². The fraction of sp³-hybridized carbons (Fsp3) is 0. The molecule has 0 N–H and O–H groups in total. The minimum atomic E-state index is 0.599. The molecule has 0 aliphatic carbocycles. The molecule has 0 aliphatic rings. The normalized spacial score (nSPS) is 11.9. The number of hydrogen-bond donors (Lipinski definition) is 0. The summed E-state index contributed by atoms with van der Waals surface area (Å²) in [5.74, 6) is 1.85. The number of rotatable bonds is 5. The Morgan fingerprint density at radius 1 is 0.333 bits per heavy atom. The predicted molar refractivity (Wildman–Crippen MR) is 232 cm³/mol. The Balaban J connectivity index is 1.03. The third-order valence-electron chi connectivity index (χ3n) is 11.2. The average molecular weight is 730 g/mol. The summed E-state index contributed by atoms with van der Waals surface area (Å²) >= 11 is 0. The quantitative estimate of drug-likeness (QED) is 0.177. The van der Waals surface area contributed by atoms with Crippen molar-refractivity contribution in [2.45, 2.75) is 0 Å². The molecule has 0 atom stereocenters. The standard InChI is InChI=1S/C51H31N5O/c1-3-14-32(15-4-1)49-52-50(33-16-5-2-6-17-33)54-51(53-49)40-21-13-25-46-48(40)39-28-26-35(31-47(39)57-46)56-44-24-12-9-20-38(44)41-30-34(27-29-45(41)56)55-42-22-10-7-18-36(42)37-19-8-11-23-43(37)55/h1-31H. The Bertz CT molecular complexity index is 3410. The van der Waals surface area contributed by atoms with E-state index in [1.165, 1.54) is 32.6 Å². The van der Waals surface area contributed by atoms with E-state index in [1.807, 2.05) is 72.8 Å². The molecule has 0 bridgehead atoms. The topological polar surface area (TPSA) is 61.7 Å². The van der Waals surface area contributed by atoms with Crippen LogP contribution in [0.1, 0.15) is 0 Å². The maximum Gasteiger partial charge on any atom is 0.164 e. The lowest BCUT2D eigenvalue weighted by Gasteiger charge is -2.10. The van der Waals surface area contributed by atoms with Gasteiger partial charge in [-0.05, 0) is 54.6 Å². The van der Waals surface area contributed by atoms with Crippen molar-refractivity contribution in [1.29, 1.82) is 0 Å². The first-order chi connectivity index (χ1) is 28.3. The van der Waals surface area contributed by atoms with Crippen LogP contribution in [0.25, 0.3) is 111 Å². The fourth-order valence-corrected chi connectivity index (χ4v) is 8.65. The van der Waals surface area contributed by atoms with E-state index in [0.717, 1.165) is 61.0 Å². The zero-order valence-corrected chi connectivity index (χ0v) is 30.5. The SMILES string of the molecule is c1ccc(-c2nc(-c3ccccc3)nc(-c3cccc4oc5cc(-n6c7ccccc7c7cc(-n8c9ccccc9c9ccccc98)ccc76)ccc5c34)n2)cc1. The summed E-state index contributed by atoms with van der Waals surface area (Å²) < 4.78 is 11.4. The number of para-hydroxylation sites is 3. The molecule has 0 aliphatic heterocycles. The lowest BCUT2D eigenvalue weighted by molar-refractivity contribution is 0.668. The monoisotopic (exact) mass is 729 g/mol. The van der Waals surface area contributed by atoms with Crippen LogP contribution in [-0.2, 0) is 0 Å². The molecule has 0 saturated carbocycles. The van der Waals surface area contributed by atoms with Gasteiger partial charge in [-0.1, -0.05) is 127 Å². The Hall–Kier alpha value is -7.83. The number of fused-ring (bicyclic) bond motifs is 9. The highest BCUT2D eigenvalue weighted by molar-refractivity contribution is 6.14. The van der Waals surface area contributed by atoms with Crippen LogP contribution < -0.4 is 0 Å². The predicted octanol–water partition coefficient (Wildman–Crippen LogP) is 13.0. The van der Waals surface area contributed by atoms with E-state index in [-0.39, 0.29) is 0 Å². The average Bonchev–Trinajstić information content (AvgIpc) is 3.94. The lowest BCUT2D eigenvalue weighted by Crippen LogP contribution is -2.00. The number of hydrogen-bond acceptors (Lipinski definition) is 4. The van der Waals surface area contributed by atoms with Crippen LogP contribution in [0, 0.1) is 0 Å². The molecular weight excluding hydrogens is 699 g/mol. The van der Waals surface area contributed by atoms with Gasteiger partial charge in [-0.15, -0.1) is 0 Å². The smallest absolute Gasteiger partial charge is 0.164 e. The summed E-state index contributed by atoms with van der Waals surface area (Å²) in [4.78, 5) is 15.0. The highest BCUT2D eigenvalue weighted by Gasteiger charge is 2.20. The van der Waals surface area contributed by atoms with Gasteiger partial charge in [-0.25, -0.2) is 15.0 Å². The molecule has 0 amide bonds. The van der Waals surface area contributed by atoms with E-state index in [4.69, 9.17) is 19.4 Å². The Labute approximate surface area is 326 Å². The Kier molecular flexibility index (Phi) is 6.83. The van der Waals surface area contributed by atoms with Crippen molar-refractivity contribution in [1.82, 2.24) is 24.1 Å². The molecule has 12 aromatic rings. The molecule has 8 aromatic carbocycles. The molecule has 0 unspecified atom stereocenters. The summed E-state index contributed by atoms with van der Waals surface area (Å²) in [7, 11) is 0. The zero-order valence-electron chi connectivity index (χ0n) is 30.5. The van der Waals surface area contributed by atoms with Crippen LogP contribution in [-0.4, -0.2) is 24.1 Å². The molecule has 4 heterocycles. The van der Waals surface area contributed by atoms with Gasteiger partial charge in [-0.3, -0.25) is 0 Å². The minimum Gasteiger partial charge on any atom is -0.456 e. The van der Waals surface area contributed by atoms with Gasteiger partial charge in [0, 0.05) is 66.4 Å². The van der Waals surface area contributed by atoms with Gasteiger partial charge in [0.2, 0.25) is 0 Å². The summed E-state index contributed by atoms with van der Waals surface area (Å²) in [6, 6.07) is 65.6. The highest BCUT2D eigenvalue weighted by atomic mass is 16.3. The molecule has 266 valence electrons. The van der Waals surface area contributed by atoms with Crippen LogP contribution in [0.5, 0.6) is 0 Å². The van der Waals surface area contributed by atoms with E-state index >= 15 is 0 Å². The molecule has 0 saturated heterocycles. The van der Waals surface area contributed by atoms with E-state index in [9.17, 15) is 0 Å². The van der Waals surface area contributed by atoms with E-state index < -0.39 is 0 Å². The van der Waals surface area contributed by atoms with E-state index in [0.29, 0.717) is 17.5 Å². The summed E-state index contributed by atoms with van der Waals surface area (Å²) in [6.07, 6.45) is 0. The van der Waals surface area contributed by atoms with Gasteiger partial charge in [-0.2, -0.15) is 0 Å². The summed E-state index contributed by atoms with van der Waals surface area (Å²) in [5.41, 5.74) is 11.1. The molecule has 4 aromatic heterocycles. The first kappa shape index (κ1) is 31.5. The maximum atomic E-state index is 6.67. The number of benzene rings is 8. The van der Waals surface area contributed by atoms with Crippen molar-refractivity contribution in [2.24, 2.45) is 0 Å². The van der Waals surface area contributed by atoms with Crippen LogP contribution >= 0.6 is 0 Å². The molecule has 6 heteroatoms. The van der Waals surface area contributed by atoms with Gasteiger partial charge >= 0.3 is 0 Å². The number of furan rings is 1. The molecule has 0 spiro atoms. The van der Waals surface area contributed by atoms with Crippen LogP contribution in [0.3, 0.4) is 0 Å². The number of aromatic nitrogens is 5. The highest BCUT2D eigenvalue weighted by Crippen LogP contribution is 2.40. The van der Waals surface area contributed by atoms with Gasteiger partial charge in [0.25, 0.3) is 0 Å². The molecular formula is C51H31N5O. The van der Waals surface area contributed by atoms with Gasteiger partial charge in [0.15, 0.2) is 17.5 Å². The maximum absolute atomic E-state index is 6.67. The van der Waals surface area contributed by atoms with Crippen molar-refractivity contribution in [3.05, 3.63) is 188 Å². The lowest BCUT2D eigenvalue weighted by atomic mass is 10.0. The van der Waals surface area contributed by atoms with Crippen molar-refractivity contribution in [2.75, 3.05) is 0 Å². The van der Waals surface area contributed by atoms with Crippen molar-refractivity contribution >= 4 is 65.6 Å². The first-order valence-corrected chi connectivity index (χ1v) is 19.1. The molecule has 12 rings (SSSR count). The van der Waals surface area contributed by atoms with Crippen LogP contribution in [0.2, 0.25) is 0 Å². The fourth-order valence-electron chi connectivity index (χ4n) is 8.65. The Morgan fingerprint density at radius 2 is 0.825 bits per heavy atom. The summed E-state index contributed by atoms with van der Waals surface area (Å²) in [5, 5.41) is 6.86. The van der Waals surface area contributed by atoms with Crippen molar-refractivity contribution < 1.29 is 4.42 Å². The Morgan fingerprint density at radius 3 is 1.44 bits per heavy atom. The van der Waals surface area contributed by atoms with E-state index in [1.54, 1.807) is 0 Å². The number of nitrogens with zero attached hydrogens (tertiary/aromatic N) is 5. The second-order valence-electron chi connectivity index (χ2n) is 14.4.